The van der Waals surface area contributed by atoms with Crippen LogP contribution in [0.5, 0.6) is 0 Å². The van der Waals surface area contributed by atoms with Gasteiger partial charge in [0.05, 0.1) is 17.8 Å². The maximum atomic E-state index is 12.2. The monoisotopic (exact) mass is 419 g/mol. The van der Waals surface area contributed by atoms with Crippen LogP contribution in [0, 0.1) is 27.9 Å². The normalized spacial score (nSPS) is 21.1. The summed E-state index contributed by atoms with van der Waals surface area (Å²) >= 11 is 0. The molecule has 1 saturated carbocycles. The Morgan fingerprint density at radius 1 is 1.10 bits per heavy atom. The van der Waals surface area contributed by atoms with E-state index in [1.807, 2.05) is 0 Å². The van der Waals surface area contributed by atoms with Gasteiger partial charge in [0, 0.05) is 17.7 Å². The smallest absolute Gasteiger partial charge is 0.306 e. The van der Waals surface area contributed by atoms with E-state index >= 15 is 0 Å². The standard InChI is InChI=1S/C22H29NO7/c1-14(2)18-9-4-15(3)12-20(18)30-22(26)11-10-21(25)29-13-19(24)16-5-7-17(8-6-16)23(27)28/h5-8,14-15,18,20H,4,9-13H2,1-3H3. The third-order valence-corrected chi connectivity index (χ3v) is 5.54. The maximum Gasteiger partial charge on any atom is 0.306 e. The average molecular weight is 419 g/mol. The van der Waals surface area contributed by atoms with Crippen molar-refractivity contribution in [3.8, 4) is 0 Å². The van der Waals surface area contributed by atoms with Crippen molar-refractivity contribution in [1.82, 2.24) is 0 Å². The van der Waals surface area contributed by atoms with Gasteiger partial charge in [-0.15, -0.1) is 0 Å². The SMILES string of the molecule is CC1CCC(C(C)C)C(OC(=O)CCC(=O)OCC(=O)c2ccc([N+](=O)[O-])cc2)C1. The van der Waals surface area contributed by atoms with E-state index in [1.54, 1.807) is 0 Å². The predicted octanol–water partition coefficient (Wildman–Crippen LogP) is 4.10. The second-order valence-electron chi connectivity index (χ2n) is 8.24. The minimum Gasteiger partial charge on any atom is -0.462 e. The summed E-state index contributed by atoms with van der Waals surface area (Å²) in [5.74, 6) is -0.315. The molecule has 0 radical (unpaired) electrons. The number of rotatable bonds is 9. The molecule has 1 aliphatic rings. The van der Waals surface area contributed by atoms with Gasteiger partial charge < -0.3 is 9.47 Å². The highest BCUT2D eigenvalue weighted by Gasteiger charge is 2.33. The van der Waals surface area contributed by atoms with Crippen LogP contribution in [0.1, 0.15) is 63.2 Å². The van der Waals surface area contributed by atoms with Crippen LogP contribution in [-0.4, -0.2) is 35.4 Å². The molecule has 2 rings (SSSR count). The van der Waals surface area contributed by atoms with Crippen LogP contribution in [0.4, 0.5) is 5.69 Å². The molecule has 0 spiro atoms. The fourth-order valence-electron chi connectivity index (χ4n) is 3.75. The Bertz CT molecular complexity index is 772. The van der Waals surface area contributed by atoms with Gasteiger partial charge in [-0.1, -0.05) is 27.2 Å². The van der Waals surface area contributed by atoms with E-state index < -0.39 is 29.3 Å². The first kappa shape index (κ1) is 23.5. The first-order chi connectivity index (χ1) is 14.2. The number of hydrogen-bond donors (Lipinski definition) is 0. The molecule has 3 atom stereocenters. The highest BCUT2D eigenvalue weighted by Crippen LogP contribution is 2.35. The summed E-state index contributed by atoms with van der Waals surface area (Å²) in [6, 6.07) is 5.03. The molecule has 0 amide bonds. The van der Waals surface area contributed by atoms with Gasteiger partial charge in [0.25, 0.3) is 5.69 Å². The molecule has 1 aromatic carbocycles. The van der Waals surface area contributed by atoms with Crippen LogP contribution in [-0.2, 0) is 19.1 Å². The lowest BCUT2D eigenvalue weighted by Crippen LogP contribution is -2.36. The van der Waals surface area contributed by atoms with E-state index in [0.29, 0.717) is 17.8 Å². The highest BCUT2D eigenvalue weighted by atomic mass is 16.6. The third kappa shape index (κ3) is 6.93. The number of carbonyl (C=O) groups excluding carboxylic acids is 3. The maximum absolute atomic E-state index is 12.2. The zero-order valence-corrected chi connectivity index (χ0v) is 17.7. The van der Waals surface area contributed by atoms with Crippen LogP contribution in [0.15, 0.2) is 24.3 Å². The topological polar surface area (TPSA) is 113 Å². The third-order valence-electron chi connectivity index (χ3n) is 5.54. The molecular formula is C22H29NO7. The summed E-state index contributed by atoms with van der Waals surface area (Å²) in [5.41, 5.74) is 0.0769. The second kappa shape index (κ2) is 10.8. The minimum absolute atomic E-state index is 0.0970. The van der Waals surface area contributed by atoms with Gasteiger partial charge in [-0.05, 0) is 42.7 Å². The lowest BCUT2D eigenvalue weighted by Gasteiger charge is -2.36. The average Bonchev–Trinajstić information content (AvgIpc) is 2.70. The molecule has 1 aliphatic carbocycles. The van der Waals surface area contributed by atoms with Crippen LogP contribution < -0.4 is 0 Å². The summed E-state index contributed by atoms with van der Waals surface area (Å²) < 4.78 is 10.6. The molecular weight excluding hydrogens is 390 g/mol. The zero-order chi connectivity index (χ0) is 22.3. The van der Waals surface area contributed by atoms with Crippen molar-refractivity contribution < 1.29 is 28.8 Å². The lowest BCUT2D eigenvalue weighted by atomic mass is 9.75. The Hall–Kier alpha value is -2.77. The summed E-state index contributed by atoms with van der Waals surface area (Å²) in [4.78, 5) is 46.1. The van der Waals surface area contributed by atoms with E-state index in [1.165, 1.54) is 24.3 Å². The van der Waals surface area contributed by atoms with E-state index in [2.05, 4.69) is 20.8 Å². The number of carbonyl (C=O) groups is 3. The minimum atomic E-state index is -0.667. The molecule has 1 fully saturated rings. The summed E-state index contributed by atoms with van der Waals surface area (Å²) in [6.45, 7) is 5.92. The van der Waals surface area contributed by atoms with Gasteiger partial charge in [0.1, 0.15) is 6.10 Å². The molecule has 1 aromatic rings. The second-order valence-corrected chi connectivity index (χ2v) is 8.24. The Labute approximate surface area is 176 Å². The Kier molecular flexibility index (Phi) is 8.50. The molecule has 0 aliphatic heterocycles. The lowest BCUT2D eigenvalue weighted by molar-refractivity contribution is -0.384. The molecule has 8 heteroatoms. The van der Waals surface area contributed by atoms with Gasteiger partial charge >= 0.3 is 11.9 Å². The first-order valence-electron chi connectivity index (χ1n) is 10.3. The van der Waals surface area contributed by atoms with Gasteiger partial charge in [-0.2, -0.15) is 0 Å². The number of non-ortho nitro benzene ring substituents is 1. The fraction of sp³-hybridized carbons (Fsp3) is 0.591. The fourth-order valence-corrected chi connectivity index (χ4v) is 3.75. The van der Waals surface area contributed by atoms with Crippen molar-refractivity contribution in [3.05, 3.63) is 39.9 Å². The zero-order valence-electron chi connectivity index (χ0n) is 17.7. The van der Waals surface area contributed by atoms with Gasteiger partial charge in [-0.3, -0.25) is 24.5 Å². The number of ether oxygens (including phenoxy) is 2. The number of nitrogens with zero attached hydrogens (tertiary/aromatic N) is 1. The Morgan fingerprint density at radius 3 is 2.33 bits per heavy atom. The molecule has 164 valence electrons. The molecule has 0 N–H and O–H groups in total. The van der Waals surface area contributed by atoms with Crippen LogP contribution in [0.3, 0.4) is 0 Å². The van der Waals surface area contributed by atoms with Crippen molar-refractivity contribution >= 4 is 23.4 Å². The molecule has 3 unspecified atom stereocenters. The van der Waals surface area contributed by atoms with E-state index in [0.717, 1.165) is 19.3 Å². The summed E-state index contributed by atoms with van der Waals surface area (Å²) in [6.07, 6.45) is 2.61. The largest absolute Gasteiger partial charge is 0.462 e. The van der Waals surface area contributed by atoms with Crippen molar-refractivity contribution in [2.75, 3.05) is 6.61 Å². The molecule has 0 bridgehead atoms. The van der Waals surface area contributed by atoms with E-state index in [4.69, 9.17) is 9.47 Å². The van der Waals surface area contributed by atoms with Crippen molar-refractivity contribution in [3.63, 3.8) is 0 Å². The first-order valence-corrected chi connectivity index (χ1v) is 10.3. The molecule has 0 aromatic heterocycles. The van der Waals surface area contributed by atoms with Crippen LogP contribution in [0.2, 0.25) is 0 Å². The van der Waals surface area contributed by atoms with E-state index in [-0.39, 0.29) is 30.2 Å². The summed E-state index contributed by atoms with van der Waals surface area (Å²) in [7, 11) is 0. The number of hydrogen-bond acceptors (Lipinski definition) is 7. The van der Waals surface area contributed by atoms with Crippen LogP contribution in [0.25, 0.3) is 0 Å². The van der Waals surface area contributed by atoms with Gasteiger partial charge in [0.15, 0.2) is 12.4 Å². The quantitative estimate of drug-likeness (QED) is 0.256. The predicted molar refractivity (Wildman–Crippen MR) is 109 cm³/mol. The molecule has 30 heavy (non-hydrogen) atoms. The van der Waals surface area contributed by atoms with Gasteiger partial charge in [0.2, 0.25) is 0 Å². The Morgan fingerprint density at radius 2 is 1.73 bits per heavy atom. The van der Waals surface area contributed by atoms with Gasteiger partial charge in [-0.25, -0.2) is 0 Å². The molecule has 0 heterocycles. The molecule has 8 nitrogen and oxygen atoms in total. The highest BCUT2D eigenvalue weighted by molar-refractivity contribution is 5.98. The molecule has 0 saturated heterocycles. The van der Waals surface area contributed by atoms with Crippen molar-refractivity contribution in [1.29, 1.82) is 0 Å². The van der Waals surface area contributed by atoms with Crippen LogP contribution >= 0.6 is 0 Å². The number of Topliss-reactive ketones (excluding diaryl/α,β-unsaturated/α-hetero) is 1. The Balaban J connectivity index is 1.75. The summed E-state index contributed by atoms with van der Waals surface area (Å²) in [5, 5.41) is 10.6. The number of nitro benzene ring substituents is 1. The van der Waals surface area contributed by atoms with Crippen molar-refractivity contribution in [2.24, 2.45) is 17.8 Å². The number of nitro groups is 1. The number of ketones is 1. The van der Waals surface area contributed by atoms with Crippen molar-refractivity contribution in [2.45, 2.75) is 59.0 Å². The number of esters is 2. The number of benzene rings is 1. The van der Waals surface area contributed by atoms with E-state index in [9.17, 15) is 24.5 Å².